The molecule has 0 spiro atoms. The van der Waals surface area contributed by atoms with Crippen molar-refractivity contribution in [3.63, 3.8) is 0 Å². The lowest BCUT2D eigenvalue weighted by atomic mass is 10.2. The van der Waals surface area contributed by atoms with Gasteiger partial charge >= 0.3 is 0 Å². The summed E-state index contributed by atoms with van der Waals surface area (Å²) in [5, 5.41) is 13.0. The van der Waals surface area contributed by atoms with Gasteiger partial charge in [0.15, 0.2) is 5.65 Å². The number of hydrogen-bond acceptors (Lipinski definition) is 3. The van der Waals surface area contributed by atoms with Crippen molar-refractivity contribution in [2.24, 2.45) is 0 Å². The molecule has 0 atom stereocenters. The van der Waals surface area contributed by atoms with Crippen LogP contribution in [0.2, 0.25) is 5.02 Å². The number of benzene rings is 1. The molecule has 0 radical (unpaired) electrons. The average molecular weight is 368 g/mol. The van der Waals surface area contributed by atoms with Crippen LogP contribution < -0.4 is 5.32 Å². The van der Waals surface area contributed by atoms with E-state index in [1.807, 2.05) is 63.8 Å². The van der Waals surface area contributed by atoms with E-state index in [1.165, 1.54) is 0 Å². The molecule has 132 valence electrons. The lowest BCUT2D eigenvalue weighted by Gasteiger charge is -2.07. The van der Waals surface area contributed by atoms with Gasteiger partial charge in [-0.25, -0.2) is 0 Å². The summed E-state index contributed by atoms with van der Waals surface area (Å²) in [6, 6.07) is 13.5. The predicted molar refractivity (Wildman–Crippen MR) is 101 cm³/mol. The van der Waals surface area contributed by atoms with Crippen molar-refractivity contribution >= 4 is 34.1 Å². The van der Waals surface area contributed by atoms with Gasteiger partial charge in [-0.15, -0.1) is 10.2 Å². The summed E-state index contributed by atoms with van der Waals surface area (Å²) in [6.07, 6.45) is 4.94. The molecule has 7 heteroatoms. The zero-order valence-electron chi connectivity index (χ0n) is 14.1. The number of hydrogen-bond donors (Lipinski definition) is 1. The highest BCUT2D eigenvalue weighted by Crippen LogP contribution is 2.24. The maximum absolute atomic E-state index is 12.1. The smallest absolute Gasteiger partial charge is 0.221 e. The summed E-state index contributed by atoms with van der Waals surface area (Å²) >= 11 is 6.19. The third kappa shape index (κ3) is 3.28. The lowest BCUT2D eigenvalue weighted by Crippen LogP contribution is -2.27. The van der Waals surface area contributed by atoms with Gasteiger partial charge < -0.3 is 9.88 Å². The molecule has 1 aromatic carbocycles. The fourth-order valence-electron chi connectivity index (χ4n) is 3.07. The van der Waals surface area contributed by atoms with Crippen LogP contribution in [-0.2, 0) is 17.8 Å². The maximum Gasteiger partial charge on any atom is 0.221 e. The standard InChI is InChI=1S/C19H18ClN5O/c20-15-4-3-5-16-14(15)8-12-24(16)13-9-19(26)21-10-7-18-23-22-17-6-1-2-11-25(17)18/h1-6,8,11-12H,7,9-10,13H2,(H,21,26). The van der Waals surface area contributed by atoms with Gasteiger partial charge in [0.1, 0.15) is 5.82 Å². The van der Waals surface area contributed by atoms with Gasteiger partial charge in [-0.1, -0.05) is 23.7 Å². The van der Waals surface area contributed by atoms with Gasteiger partial charge in [0.05, 0.1) is 0 Å². The number of halogens is 1. The Morgan fingerprint density at radius 3 is 2.92 bits per heavy atom. The Labute approximate surface area is 155 Å². The Hall–Kier alpha value is -2.86. The van der Waals surface area contributed by atoms with Crippen LogP contribution in [0.3, 0.4) is 0 Å². The molecular formula is C19H18ClN5O. The Kier molecular flexibility index (Phi) is 4.58. The number of carbonyl (C=O) groups is 1. The van der Waals surface area contributed by atoms with E-state index in [4.69, 9.17) is 11.6 Å². The number of rotatable bonds is 6. The van der Waals surface area contributed by atoms with E-state index in [-0.39, 0.29) is 5.91 Å². The van der Waals surface area contributed by atoms with Crippen LogP contribution in [0.4, 0.5) is 0 Å². The molecule has 0 unspecified atom stereocenters. The van der Waals surface area contributed by atoms with Crippen molar-refractivity contribution in [3.05, 3.63) is 65.7 Å². The molecule has 0 saturated carbocycles. The SMILES string of the molecule is O=C(CCn1ccc2c(Cl)cccc21)NCCc1nnc2ccccn12. The predicted octanol–water partition coefficient (Wildman–Crippen LogP) is 3.09. The molecule has 1 N–H and O–H groups in total. The third-order valence-corrected chi connectivity index (χ3v) is 4.72. The summed E-state index contributed by atoms with van der Waals surface area (Å²) in [5.74, 6) is 0.856. The molecule has 4 aromatic rings. The van der Waals surface area contributed by atoms with Gasteiger partial charge in [-0.2, -0.15) is 0 Å². The Bertz CT molecular complexity index is 1070. The van der Waals surface area contributed by atoms with Crippen LogP contribution in [0, 0.1) is 0 Å². The highest BCUT2D eigenvalue weighted by atomic mass is 35.5. The van der Waals surface area contributed by atoms with Crippen molar-refractivity contribution in [1.29, 1.82) is 0 Å². The molecule has 0 aliphatic rings. The van der Waals surface area contributed by atoms with E-state index < -0.39 is 0 Å². The van der Waals surface area contributed by atoms with Crippen molar-refractivity contribution in [3.8, 4) is 0 Å². The molecule has 4 rings (SSSR count). The van der Waals surface area contributed by atoms with E-state index in [0.717, 1.165) is 27.4 Å². The van der Waals surface area contributed by atoms with Gasteiger partial charge in [0.25, 0.3) is 0 Å². The monoisotopic (exact) mass is 367 g/mol. The highest BCUT2D eigenvalue weighted by Gasteiger charge is 2.08. The largest absolute Gasteiger partial charge is 0.356 e. The number of amides is 1. The normalized spacial score (nSPS) is 11.3. The van der Waals surface area contributed by atoms with Crippen LogP contribution in [0.25, 0.3) is 16.6 Å². The number of carbonyl (C=O) groups excluding carboxylic acids is 1. The molecule has 26 heavy (non-hydrogen) atoms. The Balaban J connectivity index is 1.31. The number of pyridine rings is 1. The zero-order chi connectivity index (χ0) is 17.9. The first-order valence-corrected chi connectivity index (χ1v) is 8.89. The quantitative estimate of drug-likeness (QED) is 0.569. The summed E-state index contributed by atoms with van der Waals surface area (Å²) in [5.41, 5.74) is 1.85. The number of nitrogens with one attached hydrogen (secondary N) is 1. The minimum Gasteiger partial charge on any atom is -0.356 e. The first-order chi connectivity index (χ1) is 12.7. The molecule has 0 fully saturated rings. The van der Waals surface area contributed by atoms with Gasteiger partial charge in [0.2, 0.25) is 5.91 Å². The molecule has 3 aromatic heterocycles. The second kappa shape index (κ2) is 7.17. The lowest BCUT2D eigenvalue weighted by molar-refractivity contribution is -0.121. The molecular weight excluding hydrogens is 350 g/mol. The number of aryl methyl sites for hydroxylation is 1. The van der Waals surface area contributed by atoms with Gasteiger partial charge in [-0.05, 0) is 30.3 Å². The molecule has 6 nitrogen and oxygen atoms in total. The molecule has 0 bridgehead atoms. The number of aromatic nitrogens is 4. The molecule has 1 amide bonds. The minimum atomic E-state index is 0.0164. The van der Waals surface area contributed by atoms with Crippen molar-refractivity contribution in [2.75, 3.05) is 6.54 Å². The summed E-state index contributed by atoms with van der Waals surface area (Å²) in [6.45, 7) is 1.15. The minimum absolute atomic E-state index is 0.0164. The molecule has 0 aliphatic carbocycles. The van der Waals surface area contributed by atoms with Gasteiger partial charge in [-0.3, -0.25) is 9.20 Å². The van der Waals surface area contributed by atoms with Crippen LogP contribution in [0.15, 0.2) is 54.9 Å². The van der Waals surface area contributed by atoms with E-state index in [9.17, 15) is 4.79 Å². The highest BCUT2D eigenvalue weighted by molar-refractivity contribution is 6.35. The summed E-state index contributed by atoms with van der Waals surface area (Å²) < 4.78 is 3.98. The number of fused-ring (bicyclic) bond motifs is 2. The summed E-state index contributed by atoms with van der Waals surface area (Å²) in [4.78, 5) is 12.1. The van der Waals surface area contributed by atoms with Crippen LogP contribution >= 0.6 is 11.6 Å². The van der Waals surface area contributed by atoms with E-state index in [1.54, 1.807) is 0 Å². The van der Waals surface area contributed by atoms with Crippen LogP contribution in [0.5, 0.6) is 0 Å². The Morgan fingerprint density at radius 1 is 1.08 bits per heavy atom. The van der Waals surface area contributed by atoms with Crippen molar-refractivity contribution < 1.29 is 4.79 Å². The first-order valence-electron chi connectivity index (χ1n) is 8.51. The Morgan fingerprint density at radius 2 is 2.00 bits per heavy atom. The van der Waals surface area contributed by atoms with E-state index in [0.29, 0.717) is 25.9 Å². The zero-order valence-corrected chi connectivity index (χ0v) is 14.9. The topological polar surface area (TPSA) is 64.2 Å². The van der Waals surface area contributed by atoms with Gasteiger partial charge in [0, 0.05) is 54.3 Å². The van der Waals surface area contributed by atoms with Crippen LogP contribution in [-0.4, -0.2) is 31.6 Å². The summed E-state index contributed by atoms with van der Waals surface area (Å²) in [7, 11) is 0. The molecule has 0 saturated heterocycles. The number of nitrogens with zero attached hydrogens (tertiary/aromatic N) is 4. The van der Waals surface area contributed by atoms with Crippen molar-refractivity contribution in [2.45, 2.75) is 19.4 Å². The average Bonchev–Trinajstić information content (AvgIpc) is 3.25. The fourth-order valence-corrected chi connectivity index (χ4v) is 3.30. The molecule has 0 aliphatic heterocycles. The second-order valence-corrected chi connectivity index (χ2v) is 6.48. The van der Waals surface area contributed by atoms with Crippen LogP contribution in [0.1, 0.15) is 12.2 Å². The first kappa shape index (κ1) is 16.6. The van der Waals surface area contributed by atoms with E-state index >= 15 is 0 Å². The second-order valence-electron chi connectivity index (χ2n) is 6.08. The fraction of sp³-hybridized carbons (Fsp3) is 0.211. The third-order valence-electron chi connectivity index (χ3n) is 4.40. The van der Waals surface area contributed by atoms with E-state index in [2.05, 4.69) is 15.5 Å². The maximum atomic E-state index is 12.1. The van der Waals surface area contributed by atoms with Crippen molar-refractivity contribution in [1.82, 2.24) is 24.5 Å². The molecule has 3 heterocycles.